The molecule has 1 atom stereocenters. The van der Waals surface area contributed by atoms with E-state index in [1.54, 1.807) is 25.3 Å². The van der Waals surface area contributed by atoms with Crippen LogP contribution in [0.15, 0.2) is 23.4 Å². The fraction of sp³-hybridized carbons (Fsp3) is 0.333. The Bertz CT molecular complexity index is 497. The molecule has 0 spiro atoms. The monoisotopic (exact) mass is 251 g/mol. The van der Waals surface area contributed by atoms with Gasteiger partial charge in [0, 0.05) is 12.0 Å². The maximum atomic E-state index is 10.8. The van der Waals surface area contributed by atoms with Crippen molar-refractivity contribution in [2.24, 2.45) is 5.16 Å². The number of carbonyl (C=O) groups is 1. The number of benzene rings is 1. The van der Waals surface area contributed by atoms with Crippen LogP contribution in [-0.2, 0) is 9.63 Å². The van der Waals surface area contributed by atoms with Gasteiger partial charge in [0.2, 0.25) is 6.10 Å². The van der Waals surface area contributed by atoms with Crippen LogP contribution in [0.2, 0.25) is 0 Å². The molecule has 0 saturated carbocycles. The first-order chi connectivity index (χ1) is 8.65. The van der Waals surface area contributed by atoms with Crippen molar-refractivity contribution in [2.75, 3.05) is 14.2 Å². The van der Waals surface area contributed by atoms with Gasteiger partial charge in [0.1, 0.15) is 0 Å². The number of hydrogen-bond donors (Lipinski definition) is 1. The fourth-order valence-corrected chi connectivity index (χ4v) is 1.70. The highest BCUT2D eigenvalue weighted by atomic mass is 16.7. The molecule has 1 N–H and O–H groups in total. The summed E-state index contributed by atoms with van der Waals surface area (Å²) in [6, 6.07) is 5.27. The fourth-order valence-electron chi connectivity index (χ4n) is 1.70. The van der Waals surface area contributed by atoms with Gasteiger partial charge >= 0.3 is 5.97 Å². The number of rotatable bonds is 4. The predicted octanol–water partition coefficient (Wildman–Crippen LogP) is 1.28. The first kappa shape index (κ1) is 12.2. The van der Waals surface area contributed by atoms with E-state index < -0.39 is 12.1 Å². The Morgan fingerprint density at radius 3 is 2.67 bits per heavy atom. The summed E-state index contributed by atoms with van der Waals surface area (Å²) in [6.07, 6.45) is -0.668. The Hall–Kier alpha value is -2.24. The van der Waals surface area contributed by atoms with E-state index in [1.807, 2.05) is 0 Å². The summed E-state index contributed by atoms with van der Waals surface area (Å²) in [5.41, 5.74) is 1.35. The van der Waals surface area contributed by atoms with Gasteiger partial charge in [0.25, 0.3) is 0 Å². The summed E-state index contributed by atoms with van der Waals surface area (Å²) in [4.78, 5) is 15.6. The second-order valence-corrected chi connectivity index (χ2v) is 3.74. The van der Waals surface area contributed by atoms with Crippen LogP contribution < -0.4 is 9.47 Å². The third-order valence-electron chi connectivity index (χ3n) is 2.66. The van der Waals surface area contributed by atoms with Gasteiger partial charge in [-0.3, -0.25) is 0 Å². The molecule has 0 saturated heterocycles. The van der Waals surface area contributed by atoms with E-state index in [0.717, 1.165) is 5.56 Å². The molecule has 1 aliphatic heterocycles. The number of oxime groups is 1. The molecular formula is C12H13NO5. The minimum absolute atomic E-state index is 0.241. The first-order valence-electron chi connectivity index (χ1n) is 5.33. The smallest absolute Gasteiger partial charge is 0.348 e. The van der Waals surface area contributed by atoms with Gasteiger partial charge in [-0.1, -0.05) is 5.16 Å². The van der Waals surface area contributed by atoms with E-state index in [2.05, 4.69) is 5.16 Å². The van der Waals surface area contributed by atoms with Crippen LogP contribution in [0.5, 0.6) is 11.5 Å². The summed E-state index contributed by atoms with van der Waals surface area (Å²) in [5, 5.41) is 12.6. The summed E-state index contributed by atoms with van der Waals surface area (Å²) >= 11 is 0. The number of aliphatic carboxylic acids is 1. The summed E-state index contributed by atoms with van der Waals surface area (Å²) < 4.78 is 10.3. The summed E-state index contributed by atoms with van der Waals surface area (Å²) in [5.74, 6) is 0.154. The molecule has 0 amide bonds. The lowest BCUT2D eigenvalue weighted by Crippen LogP contribution is -2.19. The number of nitrogens with zero attached hydrogens (tertiary/aromatic N) is 1. The molecule has 6 heteroatoms. The average Bonchev–Trinajstić information content (AvgIpc) is 2.87. The van der Waals surface area contributed by atoms with E-state index >= 15 is 0 Å². The zero-order valence-corrected chi connectivity index (χ0v) is 10.0. The Kier molecular flexibility index (Phi) is 3.36. The van der Waals surface area contributed by atoms with Gasteiger partial charge in [0.05, 0.1) is 19.9 Å². The Labute approximate surface area is 104 Å². The van der Waals surface area contributed by atoms with Crippen LogP contribution in [0.25, 0.3) is 0 Å². The van der Waals surface area contributed by atoms with Crippen molar-refractivity contribution in [3.8, 4) is 11.5 Å². The highest BCUT2D eigenvalue weighted by molar-refractivity contribution is 6.03. The van der Waals surface area contributed by atoms with Crippen molar-refractivity contribution in [3.63, 3.8) is 0 Å². The molecule has 2 rings (SSSR count). The maximum absolute atomic E-state index is 10.8. The molecule has 1 aliphatic rings. The average molecular weight is 251 g/mol. The molecule has 0 fully saturated rings. The van der Waals surface area contributed by atoms with Gasteiger partial charge in [-0.15, -0.1) is 0 Å². The third kappa shape index (κ3) is 2.22. The van der Waals surface area contributed by atoms with Crippen molar-refractivity contribution < 1.29 is 24.2 Å². The first-order valence-corrected chi connectivity index (χ1v) is 5.33. The Morgan fingerprint density at radius 2 is 2.11 bits per heavy atom. The van der Waals surface area contributed by atoms with Gasteiger partial charge in [-0.2, -0.15) is 0 Å². The van der Waals surface area contributed by atoms with Gasteiger partial charge < -0.3 is 19.4 Å². The van der Waals surface area contributed by atoms with Crippen molar-refractivity contribution in [1.82, 2.24) is 0 Å². The number of methoxy groups -OCH3 is 2. The second-order valence-electron chi connectivity index (χ2n) is 3.74. The normalized spacial score (nSPS) is 17.9. The van der Waals surface area contributed by atoms with Crippen LogP contribution in [0, 0.1) is 0 Å². The van der Waals surface area contributed by atoms with E-state index in [4.69, 9.17) is 19.4 Å². The van der Waals surface area contributed by atoms with Crippen LogP contribution in [0.3, 0.4) is 0 Å². The second kappa shape index (κ2) is 4.95. The zero-order chi connectivity index (χ0) is 13.1. The zero-order valence-electron chi connectivity index (χ0n) is 10.0. The van der Waals surface area contributed by atoms with Crippen molar-refractivity contribution in [3.05, 3.63) is 23.8 Å². The predicted molar refractivity (Wildman–Crippen MR) is 63.2 cm³/mol. The standard InChI is InChI=1S/C12H13NO5/c1-16-9-4-3-7(5-10(9)17-2)8-6-11(12(14)15)18-13-8/h3-5,11H,6H2,1-2H3,(H,14,15). The molecule has 0 bridgehead atoms. The largest absolute Gasteiger partial charge is 0.493 e. The highest BCUT2D eigenvalue weighted by Crippen LogP contribution is 2.29. The Balaban J connectivity index is 2.23. The quantitative estimate of drug-likeness (QED) is 0.872. The molecule has 1 aromatic rings. The molecule has 0 radical (unpaired) electrons. The molecular weight excluding hydrogens is 238 g/mol. The minimum Gasteiger partial charge on any atom is -0.493 e. The van der Waals surface area contributed by atoms with Crippen LogP contribution in [-0.4, -0.2) is 37.1 Å². The SMILES string of the molecule is COc1ccc(C2=NOC(C(=O)O)C2)cc1OC. The number of carboxylic acids is 1. The number of hydrogen-bond acceptors (Lipinski definition) is 5. The van der Waals surface area contributed by atoms with E-state index in [-0.39, 0.29) is 6.42 Å². The van der Waals surface area contributed by atoms with E-state index in [9.17, 15) is 4.79 Å². The van der Waals surface area contributed by atoms with E-state index in [1.165, 1.54) is 7.11 Å². The lowest BCUT2D eigenvalue weighted by atomic mass is 10.0. The van der Waals surface area contributed by atoms with Gasteiger partial charge in [-0.05, 0) is 18.2 Å². The van der Waals surface area contributed by atoms with Crippen molar-refractivity contribution in [1.29, 1.82) is 0 Å². The molecule has 0 aromatic heterocycles. The van der Waals surface area contributed by atoms with Crippen LogP contribution in [0.4, 0.5) is 0 Å². The topological polar surface area (TPSA) is 77.4 Å². The van der Waals surface area contributed by atoms with Crippen molar-refractivity contribution >= 4 is 11.7 Å². The molecule has 0 aliphatic carbocycles. The summed E-state index contributed by atoms with van der Waals surface area (Å²) in [6.45, 7) is 0. The number of carboxylic acid groups (broad SMARTS) is 1. The minimum atomic E-state index is -1.02. The van der Waals surface area contributed by atoms with Gasteiger partial charge in [-0.25, -0.2) is 4.79 Å². The van der Waals surface area contributed by atoms with Crippen molar-refractivity contribution in [2.45, 2.75) is 12.5 Å². The molecule has 1 unspecified atom stereocenters. The molecule has 1 aromatic carbocycles. The lowest BCUT2D eigenvalue weighted by Gasteiger charge is -2.08. The molecule has 1 heterocycles. The van der Waals surface area contributed by atoms with Gasteiger partial charge in [0.15, 0.2) is 11.5 Å². The van der Waals surface area contributed by atoms with E-state index in [0.29, 0.717) is 17.2 Å². The third-order valence-corrected chi connectivity index (χ3v) is 2.66. The molecule has 6 nitrogen and oxygen atoms in total. The maximum Gasteiger partial charge on any atom is 0.348 e. The Morgan fingerprint density at radius 1 is 1.39 bits per heavy atom. The number of ether oxygens (including phenoxy) is 2. The molecule has 18 heavy (non-hydrogen) atoms. The summed E-state index contributed by atoms with van der Waals surface area (Å²) in [7, 11) is 3.09. The lowest BCUT2D eigenvalue weighted by molar-refractivity contribution is -0.148. The highest BCUT2D eigenvalue weighted by Gasteiger charge is 2.28. The van der Waals surface area contributed by atoms with Crippen LogP contribution >= 0.6 is 0 Å². The molecule has 96 valence electrons. The van der Waals surface area contributed by atoms with Crippen LogP contribution in [0.1, 0.15) is 12.0 Å².